The Morgan fingerprint density at radius 1 is 1.28 bits per heavy atom. The van der Waals surface area contributed by atoms with E-state index >= 15 is 0 Å². The Balaban J connectivity index is 2.72. The number of benzene rings is 1. The molecule has 0 aliphatic carbocycles. The lowest BCUT2D eigenvalue weighted by molar-refractivity contribution is 0.310. The topological polar surface area (TPSA) is 30.5 Å². The molecule has 100 valence electrons. The number of hydrogen-bond donors (Lipinski definition) is 1. The Morgan fingerprint density at radius 2 is 2.11 bits per heavy atom. The van der Waals surface area contributed by atoms with Gasteiger partial charge in [-0.05, 0) is 26.0 Å². The van der Waals surface area contributed by atoms with E-state index in [9.17, 15) is 0 Å². The van der Waals surface area contributed by atoms with Crippen LogP contribution in [0.5, 0.6) is 11.5 Å². The highest BCUT2D eigenvalue weighted by Gasteiger charge is 2.06. The fourth-order valence-electron chi connectivity index (χ4n) is 1.70. The zero-order valence-electron chi connectivity index (χ0n) is 11.5. The summed E-state index contributed by atoms with van der Waals surface area (Å²) in [5, 5.41) is 3.32. The van der Waals surface area contributed by atoms with Crippen LogP contribution in [0, 0.1) is 0 Å². The van der Waals surface area contributed by atoms with Crippen molar-refractivity contribution in [1.29, 1.82) is 0 Å². The zero-order chi connectivity index (χ0) is 13.2. The smallest absolute Gasteiger partial charge is 0.167 e. The summed E-state index contributed by atoms with van der Waals surface area (Å²) in [6, 6.07) is 5.93. The number of ether oxygens (including phenoxy) is 2. The number of rotatable bonds is 8. The lowest BCUT2D eigenvalue weighted by Gasteiger charge is -2.11. The molecule has 1 rings (SSSR count). The average Bonchev–Trinajstić information content (AvgIpc) is 2.39. The monoisotopic (exact) mass is 249 g/mol. The molecule has 0 saturated heterocycles. The van der Waals surface area contributed by atoms with Crippen LogP contribution in [0.25, 0.3) is 6.08 Å². The zero-order valence-corrected chi connectivity index (χ0v) is 11.5. The Hall–Kier alpha value is -1.48. The molecule has 0 fully saturated rings. The van der Waals surface area contributed by atoms with Crippen molar-refractivity contribution in [2.24, 2.45) is 0 Å². The number of hydrogen-bond acceptors (Lipinski definition) is 3. The lowest BCUT2D eigenvalue weighted by atomic mass is 10.1. The van der Waals surface area contributed by atoms with Crippen molar-refractivity contribution in [3.63, 3.8) is 0 Å². The Labute approximate surface area is 110 Å². The highest BCUT2D eigenvalue weighted by Crippen LogP contribution is 2.31. The van der Waals surface area contributed by atoms with Gasteiger partial charge in [-0.2, -0.15) is 0 Å². The van der Waals surface area contributed by atoms with Crippen molar-refractivity contribution in [1.82, 2.24) is 5.32 Å². The first kappa shape index (κ1) is 14.6. The Kier molecular flexibility index (Phi) is 6.96. The third-order valence-corrected chi connectivity index (χ3v) is 2.50. The normalized spacial score (nSPS) is 10.8. The third kappa shape index (κ3) is 4.41. The fraction of sp³-hybridized carbons (Fsp3) is 0.467. The first-order valence-corrected chi connectivity index (χ1v) is 6.50. The quantitative estimate of drug-likeness (QED) is 0.718. The molecule has 0 amide bonds. The molecule has 3 heteroatoms. The van der Waals surface area contributed by atoms with E-state index in [-0.39, 0.29) is 0 Å². The number of nitrogens with one attached hydrogen (secondary N) is 1. The summed E-state index contributed by atoms with van der Waals surface area (Å²) in [6.45, 7) is 6.68. The standard InChI is InChI=1S/C15H23NO2/c1-4-11-16-12-7-9-13-8-6-10-14(18-5-2)15(13)17-3/h6-10,16H,4-5,11-12H2,1-3H3. The van der Waals surface area contributed by atoms with Crippen molar-refractivity contribution in [2.75, 3.05) is 26.8 Å². The molecule has 0 unspecified atom stereocenters. The fourth-order valence-corrected chi connectivity index (χ4v) is 1.70. The van der Waals surface area contributed by atoms with Crippen LogP contribution in [-0.2, 0) is 0 Å². The molecule has 18 heavy (non-hydrogen) atoms. The van der Waals surface area contributed by atoms with Crippen LogP contribution in [0.2, 0.25) is 0 Å². The maximum Gasteiger partial charge on any atom is 0.167 e. The lowest BCUT2D eigenvalue weighted by Crippen LogP contribution is -2.13. The molecule has 0 aliphatic rings. The van der Waals surface area contributed by atoms with E-state index in [4.69, 9.17) is 9.47 Å². The summed E-state index contributed by atoms with van der Waals surface area (Å²) >= 11 is 0. The Morgan fingerprint density at radius 3 is 2.78 bits per heavy atom. The van der Waals surface area contributed by atoms with Gasteiger partial charge in [0.25, 0.3) is 0 Å². The van der Waals surface area contributed by atoms with Gasteiger partial charge < -0.3 is 14.8 Å². The van der Waals surface area contributed by atoms with Gasteiger partial charge in [0, 0.05) is 12.1 Å². The summed E-state index contributed by atoms with van der Waals surface area (Å²) < 4.78 is 10.9. The second kappa shape index (κ2) is 8.59. The van der Waals surface area contributed by atoms with Gasteiger partial charge >= 0.3 is 0 Å². The summed E-state index contributed by atoms with van der Waals surface area (Å²) in [5.74, 6) is 1.59. The van der Waals surface area contributed by atoms with Crippen molar-refractivity contribution in [2.45, 2.75) is 20.3 Å². The van der Waals surface area contributed by atoms with Crippen molar-refractivity contribution < 1.29 is 9.47 Å². The summed E-state index contributed by atoms with van der Waals surface area (Å²) in [4.78, 5) is 0. The molecule has 0 heterocycles. The van der Waals surface area contributed by atoms with Gasteiger partial charge in [-0.1, -0.05) is 31.2 Å². The van der Waals surface area contributed by atoms with Gasteiger partial charge in [-0.3, -0.25) is 0 Å². The summed E-state index contributed by atoms with van der Waals surface area (Å²) in [7, 11) is 1.67. The van der Waals surface area contributed by atoms with Gasteiger partial charge in [0.1, 0.15) is 0 Å². The van der Waals surface area contributed by atoms with Crippen LogP contribution >= 0.6 is 0 Å². The van der Waals surface area contributed by atoms with Gasteiger partial charge in [0.15, 0.2) is 11.5 Å². The molecule has 0 atom stereocenters. The second-order valence-corrected chi connectivity index (χ2v) is 3.92. The maximum atomic E-state index is 5.54. The molecular weight excluding hydrogens is 226 g/mol. The first-order chi connectivity index (χ1) is 8.83. The molecule has 1 N–H and O–H groups in total. The van der Waals surface area contributed by atoms with Gasteiger partial charge in [0.2, 0.25) is 0 Å². The molecule has 0 spiro atoms. The van der Waals surface area contributed by atoms with E-state index < -0.39 is 0 Å². The average molecular weight is 249 g/mol. The molecule has 0 saturated carbocycles. The van der Waals surface area contributed by atoms with Crippen LogP contribution < -0.4 is 14.8 Å². The molecule has 1 aromatic carbocycles. The predicted molar refractivity (Wildman–Crippen MR) is 76.4 cm³/mol. The summed E-state index contributed by atoms with van der Waals surface area (Å²) in [5.41, 5.74) is 1.04. The van der Waals surface area contributed by atoms with Crippen LogP contribution in [-0.4, -0.2) is 26.8 Å². The highest BCUT2D eigenvalue weighted by molar-refractivity contribution is 5.62. The van der Waals surface area contributed by atoms with Crippen molar-refractivity contribution in [3.05, 3.63) is 29.8 Å². The van der Waals surface area contributed by atoms with Gasteiger partial charge in [-0.25, -0.2) is 0 Å². The van der Waals surface area contributed by atoms with E-state index in [0.717, 1.165) is 36.6 Å². The molecule has 0 aromatic heterocycles. The minimum Gasteiger partial charge on any atom is -0.492 e. The van der Waals surface area contributed by atoms with E-state index in [1.54, 1.807) is 7.11 Å². The van der Waals surface area contributed by atoms with Crippen LogP contribution in [0.3, 0.4) is 0 Å². The van der Waals surface area contributed by atoms with E-state index in [1.807, 2.05) is 25.1 Å². The highest BCUT2D eigenvalue weighted by atomic mass is 16.5. The summed E-state index contributed by atoms with van der Waals surface area (Å²) in [6.07, 6.45) is 5.31. The van der Waals surface area contributed by atoms with Gasteiger partial charge in [-0.15, -0.1) is 0 Å². The maximum absolute atomic E-state index is 5.54. The van der Waals surface area contributed by atoms with Crippen molar-refractivity contribution in [3.8, 4) is 11.5 Å². The molecule has 1 aromatic rings. The van der Waals surface area contributed by atoms with Crippen LogP contribution in [0.15, 0.2) is 24.3 Å². The molecule has 0 radical (unpaired) electrons. The van der Waals surface area contributed by atoms with E-state index in [1.165, 1.54) is 0 Å². The van der Waals surface area contributed by atoms with Crippen LogP contribution in [0.1, 0.15) is 25.8 Å². The predicted octanol–water partition coefficient (Wildman–Crippen LogP) is 3.11. The molecule has 0 bridgehead atoms. The SMILES string of the molecule is CCCNCC=Cc1cccc(OCC)c1OC. The number of para-hydroxylation sites is 1. The largest absolute Gasteiger partial charge is 0.492 e. The molecule has 0 aliphatic heterocycles. The minimum atomic E-state index is 0.640. The van der Waals surface area contributed by atoms with Gasteiger partial charge in [0.05, 0.1) is 13.7 Å². The molecule has 3 nitrogen and oxygen atoms in total. The minimum absolute atomic E-state index is 0.640. The van der Waals surface area contributed by atoms with Crippen molar-refractivity contribution >= 4 is 6.08 Å². The third-order valence-electron chi connectivity index (χ3n) is 2.50. The first-order valence-electron chi connectivity index (χ1n) is 6.50. The Bertz CT molecular complexity index is 375. The van der Waals surface area contributed by atoms with E-state index in [0.29, 0.717) is 6.61 Å². The molecular formula is C15H23NO2. The van der Waals surface area contributed by atoms with Crippen LogP contribution in [0.4, 0.5) is 0 Å². The second-order valence-electron chi connectivity index (χ2n) is 3.92. The number of methoxy groups -OCH3 is 1. The van der Waals surface area contributed by atoms with E-state index in [2.05, 4.69) is 24.4 Å².